The number of ketones is 1. The monoisotopic (exact) mass is 312 g/mol. The van der Waals surface area contributed by atoms with Crippen molar-refractivity contribution in [3.63, 3.8) is 0 Å². The summed E-state index contributed by atoms with van der Waals surface area (Å²) in [6.45, 7) is 2.76. The second-order valence-electron chi connectivity index (χ2n) is 5.71. The second kappa shape index (κ2) is 6.79. The molecule has 0 bridgehead atoms. The molecule has 1 atom stereocenters. The minimum Gasteiger partial charge on any atom is -0.493 e. The highest BCUT2D eigenvalue weighted by Crippen LogP contribution is 2.32. The molecule has 120 valence electrons. The van der Waals surface area contributed by atoms with Crippen molar-refractivity contribution in [2.75, 3.05) is 13.7 Å². The van der Waals surface area contributed by atoms with Crippen molar-refractivity contribution >= 4 is 5.78 Å². The Morgan fingerprint density at radius 3 is 2.96 bits per heavy atom. The Balaban J connectivity index is 1.78. The van der Waals surface area contributed by atoms with E-state index in [1.165, 1.54) is 0 Å². The van der Waals surface area contributed by atoms with Crippen LogP contribution in [0, 0.1) is 5.92 Å². The van der Waals surface area contributed by atoms with E-state index in [1.54, 1.807) is 13.1 Å². The molecule has 1 aliphatic heterocycles. The first-order valence-electron chi connectivity index (χ1n) is 7.69. The van der Waals surface area contributed by atoms with Crippen molar-refractivity contribution in [1.82, 2.24) is 10.3 Å². The Bertz CT molecular complexity index is 715. The van der Waals surface area contributed by atoms with Gasteiger partial charge in [-0.25, -0.2) is 0 Å². The SMILES string of the molecule is CNCc1cc(Oc2ccc3c(c2)CC(C(C)=O)CO3)ccn1. The molecule has 1 aromatic carbocycles. The average Bonchev–Trinajstić information content (AvgIpc) is 2.55. The number of hydrogen-bond acceptors (Lipinski definition) is 5. The number of nitrogens with zero attached hydrogens (tertiary/aromatic N) is 1. The van der Waals surface area contributed by atoms with E-state index in [-0.39, 0.29) is 11.7 Å². The minimum absolute atomic E-state index is 0.0686. The molecule has 23 heavy (non-hydrogen) atoms. The third-order valence-corrected chi connectivity index (χ3v) is 3.89. The fourth-order valence-electron chi connectivity index (χ4n) is 2.63. The normalized spacial score (nSPS) is 16.3. The minimum atomic E-state index is -0.0686. The van der Waals surface area contributed by atoms with Gasteiger partial charge in [-0.3, -0.25) is 9.78 Å². The van der Waals surface area contributed by atoms with Crippen molar-refractivity contribution in [2.45, 2.75) is 19.9 Å². The molecule has 0 radical (unpaired) electrons. The molecule has 1 N–H and O–H groups in total. The average molecular weight is 312 g/mol. The Morgan fingerprint density at radius 1 is 1.35 bits per heavy atom. The van der Waals surface area contributed by atoms with E-state index in [9.17, 15) is 4.79 Å². The first-order chi connectivity index (χ1) is 11.2. The smallest absolute Gasteiger partial charge is 0.136 e. The van der Waals surface area contributed by atoms with E-state index >= 15 is 0 Å². The quantitative estimate of drug-likeness (QED) is 0.920. The Labute approximate surface area is 135 Å². The zero-order valence-electron chi connectivity index (χ0n) is 13.3. The maximum Gasteiger partial charge on any atom is 0.136 e. The number of aromatic nitrogens is 1. The van der Waals surface area contributed by atoms with Crippen LogP contribution in [0.15, 0.2) is 36.5 Å². The molecule has 1 aromatic heterocycles. The number of pyridine rings is 1. The van der Waals surface area contributed by atoms with Gasteiger partial charge in [-0.2, -0.15) is 0 Å². The van der Waals surface area contributed by atoms with Crippen LogP contribution in [0.4, 0.5) is 0 Å². The number of ether oxygens (including phenoxy) is 2. The van der Waals surface area contributed by atoms with Crippen molar-refractivity contribution in [2.24, 2.45) is 5.92 Å². The van der Waals surface area contributed by atoms with Crippen LogP contribution in [-0.2, 0) is 17.8 Å². The van der Waals surface area contributed by atoms with E-state index in [2.05, 4.69) is 10.3 Å². The fraction of sp³-hybridized carbons (Fsp3) is 0.333. The molecular formula is C18H20N2O3. The van der Waals surface area contributed by atoms with Gasteiger partial charge in [0.15, 0.2) is 0 Å². The number of fused-ring (bicyclic) bond motifs is 1. The van der Waals surface area contributed by atoms with Gasteiger partial charge >= 0.3 is 0 Å². The van der Waals surface area contributed by atoms with Gasteiger partial charge in [0.05, 0.1) is 18.2 Å². The molecule has 1 aliphatic rings. The lowest BCUT2D eigenvalue weighted by Gasteiger charge is -2.24. The number of benzene rings is 1. The number of rotatable bonds is 5. The van der Waals surface area contributed by atoms with Crippen LogP contribution >= 0.6 is 0 Å². The summed E-state index contributed by atoms with van der Waals surface area (Å²) in [5.41, 5.74) is 1.93. The lowest BCUT2D eigenvalue weighted by Crippen LogP contribution is -2.26. The molecule has 0 amide bonds. The molecule has 0 spiro atoms. The zero-order valence-corrected chi connectivity index (χ0v) is 13.3. The molecule has 1 unspecified atom stereocenters. The standard InChI is InChI=1S/C18H20N2O3/c1-12(21)14-7-13-8-16(3-4-18(13)22-11-14)23-17-5-6-20-15(9-17)10-19-2/h3-6,8-9,14,19H,7,10-11H2,1-2H3. The van der Waals surface area contributed by atoms with Gasteiger partial charge < -0.3 is 14.8 Å². The van der Waals surface area contributed by atoms with E-state index in [0.29, 0.717) is 19.6 Å². The van der Waals surface area contributed by atoms with Gasteiger partial charge in [0.25, 0.3) is 0 Å². The third kappa shape index (κ3) is 3.68. The summed E-state index contributed by atoms with van der Waals surface area (Å²) in [5, 5.41) is 3.06. The summed E-state index contributed by atoms with van der Waals surface area (Å²) < 4.78 is 11.6. The Morgan fingerprint density at radius 2 is 2.17 bits per heavy atom. The highest BCUT2D eigenvalue weighted by Gasteiger charge is 2.23. The molecule has 0 saturated heterocycles. The molecule has 0 saturated carbocycles. The van der Waals surface area contributed by atoms with Gasteiger partial charge in [-0.1, -0.05) is 0 Å². The van der Waals surface area contributed by atoms with Crippen LogP contribution in [-0.4, -0.2) is 24.4 Å². The van der Waals surface area contributed by atoms with Crippen LogP contribution in [0.25, 0.3) is 0 Å². The molecule has 2 heterocycles. The zero-order chi connectivity index (χ0) is 16.2. The topological polar surface area (TPSA) is 60.5 Å². The fourth-order valence-corrected chi connectivity index (χ4v) is 2.63. The van der Waals surface area contributed by atoms with E-state index < -0.39 is 0 Å². The summed E-state index contributed by atoms with van der Waals surface area (Å²) in [4.78, 5) is 15.8. The van der Waals surface area contributed by atoms with Crippen molar-refractivity contribution < 1.29 is 14.3 Å². The summed E-state index contributed by atoms with van der Waals surface area (Å²) in [6, 6.07) is 9.46. The summed E-state index contributed by atoms with van der Waals surface area (Å²) in [7, 11) is 1.88. The van der Waals surface area contributed by atoms with Gasteiger partial charge in [0, 0.05) is 18.8 Å². The van der Waals surface area contributed by atoms with Crippen molar-refractivity contribution in [3.05, 3.63) is 47.8 Å². The molecule has 0 fully saturated rings. The molecule has 3 rings (SSSR count). The van der Waals surface area contributed by atoms with Crippen LogP contribution in [0.5, 0.6) is 17.2 Å². The summed E-state index contributed by atoms with van der Waals surface area (Å²) in [5.74, 6) is 2.40. The molecule has 0 aliphatic carbocycles. The van der Waals surface area contributed by atoms with Gasteiger partial charge in [-0.05, 0) is 50.2 Å². The van der Waals surface area contributed by atoms with E-state index in [1.807, 2.05) is 37.4 Å². The van der Waals surface area contributed by atoms with Crippen LogP contribution in [0.2, 0.25) is 0 Å². The maximum atomic E-state index is 11.6. The lowest BCUT2D eigenvalue weighted by molar-refractivity contribution is -0.121. The van der Waals surface area contributed by atoms with Crippen LogP contribution < -0.4 is 14.8 Å². The Kier molecular flexibility index (Phi) is 4.57. The highest BCUT2D eigenvalue weighted by atomic mass is 16.5. The van der Waals surface area contributed by atoms with Crippen LogP contribution in [0.3, 0.4) is 0 Å². The van der Waals surface area contributed by atoms with E-state index in [0.717, 1.165) is 28.5 Å². The number of nitrogens with one attached hydrogen (secondary N) is 1. The second-order valence-corrected chi connectivity index (χ2v) is 5.71. The largest absolute Gasteiger partial charge is 0.493 e. The van der Waals surface area contributed by atoms with Gasteiger partial charge in [-0.15, -0.1) is 0 Å². The van der Waals surface area contributed by atoms with Crippen molar-refractivity contribution in [3.8, 4) is 17.2 Å². The van der Waals surface area contributed by atoms with Crippen LogP contribution in [0.1, 0.15) is 18.2 Å². The van der Waals surface area contributed by atoms with E-state index in [4.69, 9.17) is 9.47 Å². The predicted molar refractivity (Wildman–Crippen MR) is 86.9 cm³/mol. The lowest BCUT2D eigenvalue weighted by atomic mass is 9.94. The molecule has 5 heteroatoms. The van der Waals surface area contributed by atoms with Gasteiger partial charge in [0.2, 0.25) is 0 Å². The van der Waals surface area contributed by atoms with Crippen molar-refractivity contribution in [1.29, 1.82) is 0 Å². The van der Waals surface area contributed by atoms with Gasteiger partial charge in [0.1, 0.15) is 23.0 Å². The summed E-state index contributed by atoms with van der Waals surface area (Å²) >= 11 is 0. The first kappa shape index (κ1) is 15.5. The number of hydrogen-bond donors (Lipinski definition) is 1. The molecule has 2 aromatic rings. The number of carbonyl (C=O) groups is 1. The first-order valence-corrected chi connectivity index (χ1v) is 7.69. The number of Topliss-reactive ketones (excluding diaryl/α,β-unsaturated/α-hetero) is 1. The molecule has 5 nitrogen and oxygen atoms in total. The summed E-state index contributed by atoms with van der Waals surface area (Å²) in [6.07, 6.45) is 2.43. The Hall–Kier alpha value is -2.40. The third-order valence-electron chi connectivity index (χ3n) is 3.89. The highest BCUT2D eigenvalue weighted by molar-refractivity contribution is 5.79. The molecular weight excluding hydrogens is 292 g/mol. The maximum absolute atomic E-state index is 11.6. The number of carbonyl (C=O) groups excluding carboxylic acids is 1. The predicted octanol–water partition coefficient (Wildman–Crippen LogP) is 2.73.